The van der Waals surface area contributed by atoms with Crippen LogP contribution in [0.1, 0.15) is 27.2 Å². The van der Waals surface area contributed by atoms with Crippen molar-refractivity contribution in [3.63, 3.8) is 0 Å². The Morgan fingerprint density at radius 3 is 2.17 bits per heavy atom. The summed E-state index contributed by atoms with van der Waals surface area (Å²) in [6.45, 7) is 9.41. The van der Waals surface area contributed by atoms with Crippen LogP contribution in [0.2, 0.25) is 0 Å². The highest BCUT2D eigenvalue weighted by Crippen LogP contribution is 2.44. The Morgan fingerprint density at radius 2 is 1.60 bits per heavy atom. The van der Waals surface area contributed by atoms with Crippen molar-refractivity contribution in [3.05, 3.63) is 72.3 Å². The second-order valence-electron chi connectivity index (χ2n) is 9.06. The minimum atomic E-state index is -2.69. The zero-order valence-corrected chi connectivity index (χ0v) is 19.3. The van der Waals surface area contributed by atoms with Crippen molar-refractivity contribution in [2.24, 2.45) is 17.8 Å². The van der Waals surface area contributed by atoms with E-state index in [-0.39, 0.29) is 6.23 Å². The Labute approximate surface area is 181 Å². The first-order valence-corrected chi connectivity index (χ1v) is 13.1. The molecule has 0 radical (unpaired) electrons. The minimum Gasteiger partial charge on any atom is -0.361 e. The van der Waals surface area contributed by atoms with Crippen molar-refractivity contribution in [3.8, 4) is 0 Å². The molecule has 3 nitrogen and oxygen atoms in total. The topological polar surface area (TPSA) is 29.5 Å². The number of hydrogen-bond donors (Lipinski definition) is 0. The Balaban J connectivity index is 1.56. The Bertz CT molecular complexity index is 868. The van der Waals surface area contributed by atoms with Gasteiger partial charge in [0.25, 0.3) is 0 Å². The summed E-state index contributed by atoms with van der Waals surface area (Å²) in [5.41, 5.74) is 1.49. The third kappa shape index (κ3) is 4.35. The summed E-state index contributed by atoms with van der Waals surface area (Å²) in [5.74, 6) is 1.60. The number of rotatable bonds is 6. The molecule has 0 saturated carbocycles. The minimum absolute atomic E-state index is 0.124. The molecule has 0 aromatic heterocycles. The SMILES string of the molecule is CC1=C[C@H](C)[C@H]([C@H]2OCCN2CCP(=O)(c2ccccc2)c2ccccc2)[C@H](C)C1. The van der Waals surface area contributed by atoms with Crippen molar-refractivity contribution in [1.82, 2.24) is 4.90 Å². The van der Waals surface area contributed by atoms with E-state index in [1.165, 1.54) is 5.57 Å². The zero-order chi connectivity index (χ0) is 21.1. The molecule has 1 heterocycles. The Hall–Kier alpha value is -1.67. The van der Waals surface area contributed by atoms with Crippen molar-refractivity contribution in [1.29, 1.82) is 0 Å². The highest BCUT2D eigenvalue weighted by Gasteiger charge is 2.40. The van der Waals surface area contributed by atoms with Crippen LogP contribution in [0, 0.1) is 17.8 Å². The van der Waals surface area contributed by atoms with Crippen LogP contribution >= 0.6 is 7.14 Å². The van der Waals surface area contributed by atoms with Gasteiger partial charge in [-0.05, 0) is 25.2 Å². The van der Waals surface area contributed by atoms with E-state index in [4.69, 9.17) is 4.74 Å². The average Bonchev–Trinajstić information content (AvgIpc) is 3.21. The van der Waals surface area contributed by atoms with E-state index in [2.05, 4.69) is 31.7 Å². The Kier molecular flexibility index (Phi) is 6.63. The van der Waals surface area contributed by atoms with Crippen LogP contribution in [-0.2, 0) is 9.30 Å². The molecule has 4 atom stereocenters. The highest BCUT2D eigenvalue weighted by molar-refractivity contribution is 7.78. The van der Waals surface area contributed by atoms with Gasteiger partial charge in [0, 0.05) is 35.8 Å². The third-order valence-electron chi connectivity index (χ3n) is 6.86. The summed E-state index contributed by atoms with van der Waals surface area (Å²) in [6.07, 6.45) is 4.34. The van der Waals surface area contributed by atoms with Crippen molar-refractivity contribution >= 4 is 17.8 Å². The van der Waals surface area contributed by atoms with E-state index >= 15 is 0 Å². The third-order valence-corrected chi connectivity index (χ3v) is 9.95. The second kappa shape index (κ2) is 9.22. The summed E-state index contributed by atoms with van der Waals surface area (Å²) in [4.78, 5) is 2.45. The normalized spacial score (nSPS) is 27.8. The van der Waals surface area contributed by atoms with Gasteiger partial charge in [-0.15, -0.1) is 0 Å². The van der Waals surface area contributed by atoms with E-state index < -0.39 is 7.14 Å². The van der Waals surface area contributed by atoms with Gasteiger partial charge in [-0.1, -0.05) is 86.2 Å². The number of allylic oxidation sites excluding steroid dienone is 2. The lowest BCUT2D eigenvalue weighted by molar-refractivity contribution is -0.0450. The van der Waals surface area contributed by atoms with Gasteiger partial charge in [0.1, 0.15) is 13.4 Å². The van der Waals surface area contributed by atoms with E-state index in [1.807, 2.05) is 60.7 Å². The maximum atomic E-state index is 14.4. The number of benzene rings is 2. The van der Waals surface area contributed by atoms with Crippen LogP contribution < -0.4 is 10.6 Å². The molecule has 0 spiro atoms. The summed E-state index contributed by atoms with van der Waals surface area (Å²) in [6, 6.07) is 20.0. The number of hydrogen-bond acceptors (Lipinski definition) is 3. The first kappa shape index (κ1) is 21.6. The maximum Gasteiger partial charge on any atom is 0.144 e. The predicted octanol–water partition coefficient (Wildman–Crippen LogP) is 4.90. The molecule has 0 N–H and O–H groups in total. The molecule has 30 heavy (non-hydrogen) atoms. The van der Waals surface area contributed by atoms with Crippen molar-refractivity contribution < 1.29 is 9.30 Å². The molecule has 1 aliphatic carbocycles. The van der Waals surface area contributed by atoms with Gasteiger partial charge in [-0.3, -0.25) is 4.90 Å². The van der Waals surface area contributed by atoms with Crippen LogP contribution in [0.3, 0.4) is 0 Å². The van der Waals surface area contributed by atoms with Crippen LogP contribution in [0.25, 0.3) is 0 Å². The molecule has 0 bridgehead atoms. The average molecular weight is 424 g/mol. The largest absolute Gasteiger partial charge is 0.361 e. The molecule has 1 saturated heterocycles. The fourth-order valence-corrected chi connectivity index (χ4v) is 8.12. The smallest absolute Gasteiger partial charge is 0.144 e. The molecular weight excluding hydrogens is 389 g/mol. The lowest BCUT2D eigenvalue weighted by Gasteiger charge is -2.40. The molecule has 160 valence electrons. The van der Waals surface area contributed by atoms with Crippen LogP contribution in [-0.4, -0.2) is 37.0 Å². The molecule has 4 heteroatoms. The highest BCUT2D eigenvalue weighted by atomic mass is 31.2. The van der Waals surface area contributed by atoms with Gasteiger partial charge in [0.15, 0.2) is 0 Å². The van der Waals surface area contributed by atoms with E-state index in [0.717, 1.165) is 36.7 Å². The van der Waals surface area contributed by atoms with Gasteiger partial charge in [-0.2, -0.15) is 0 Å². The summed E-state index contributed by atoms with van der Waals surface area (Å²) in [5, 5.41) is 1.90. The maximum absolute atomic E-state index is 14.4. The molecular formula is C26H34NO2P. The molecule has 1 aliphatic heterocycles. The lowest BCUT2D eigenvalue weighted by atomic mass is 9.74. The molecule has 2 aliphatic rings. The molecule has 2 aromatic rings. The standard InChI is InChI=1S/C26H34NO2P/c1-20-18-21(2)25(22(3)19-20)26-27(14-16-29-26)15-17-30(28,23-10-6-4-7-11-23)24-12-8-5-9-13-24/h4-13,18,21-22,25-26H,14-17,19H2,1-3H3/t21-,22+,25-,26+/m0/s1. The van der Waals surface area contributed by atoms with E-state index in [9.17, 15) is 4.57 Å². The fraction of sp³-hybridized carbons (Fsp3) is 0.462. The second-order valence-corrected chi connectivity index (χ2v) is 12.0. The van der Waals surface area contributed by atoms with Crippen molar-refractivity contribution in [2.45, 2.75) is 33.4 Å². The zero-order valence-electron chi connectivity index (χ0n) is 18.4. The van der Waals surface area contributed by atoms with Gasteiger partial charge in [0.05, 0.1) is 6.61 Å². The lowest BCUT2D eigenvalue weighted by Crippen LogP contribution is -2.44. The van der Waals surface area contributed by atoms with Gasteiger partial charge < -0.3 is 9.30 Å². The number of nitrogens with zero attached hydrogens (tertiary/aromatic N) is 1. The first-order chi connectivity index (χ1) is 14.5. The molecule has 0 amide bonds. The quantitative estimate of drug-likeness (QED) is 0.489. The summed E-state index contributed by atoms with van der Waals surface area (Å²) < 4.78 is 20.6. The first-order valence-electron chi connectivity index (χ1n) is 11.2. The predicted molar refractivity (Wildman–Crippen MR) is 126 cm³/mol. The summed E-state index contributed by atoms with van der Waals surface area (Å²) in [7, 11) is -2.69. The fourth-order valence-electron chi connectivity index (χ4n) is 5.46. The van der Waals surface area contributed by atoms with E-state index in [1.54, 1.807) is 0 Å². The molecule has 4 rings (SSSR count). The molecule has 0 unspecified atom stereocenters. The van der Waals surface area contributed by atoms with Crippen molar-refractivity contribution in [2.75, 3.05) is 25.9 Å². The van der Waals surface area contributed by atoms with E-state index in [0.29, 0.717) is 23.9 Å². The van der Waals surface area contributed by atoms with Crippen LogP contribution in [0.5, 0.6) is 0 Å². The van der Waals surface area contributed by atoms with Gasteiger partial charge in [-0.25, -0.2) is 0 Å². The van der Waals surface area contributed by atoms with Crippen LogP contribution in [0.4, 0.5) is 0 Å². The summed E-state index contributed by atoms with van der Waals surface area (Å²) >= 11 is 0. The Morgan fingerprint density at radius 1 is 1.00 bits per heavy atom. The van der Waals surface area contributed by atoms with Gasteiger partial charge >= 0.3 is 0 Å². The number of ether oxygens (including phenoxy) is 1. The molecule has 1 fully saturated rings. The van der Waals surface area contributed by atoms with Gasteiger partial charge in [0.2, 0.25) is 0 Å². The molecule has 2 aromatic carbocycles. The van der Waals surface area contributed by atoms with Crippen LogP contribution in [0.15, 0.2) is 72.3 Å². The monoisotopic (exact) mass is 423 g/mol.